The fourth-order valence-corrected chi connectivity index (χ4v) is 3.12. The van der Waals surface area contributed by atoms with Crippen molar-refractivity contribution >= 4 is 17.3 Å². The Kier molecular flexibility index (Phi) is 4.02. The number of benzene rings is 2. The largest absolute Gasteiger partial charge is 0.465 e. The highest BCUT2D eigenvalue weighted by Gasteiger charge is 2.17. The number of nitrogens with zero attached hydrogens (tertiary/aromatic N) is 1. The second-order valence-corrected chi connectivity index (χ2v) is 5.79. The highest BCUT2D eigenvalue weighted by molar-refractivity contribution is 7.13. The van der Waals surface area contributed by atoms with Crippen molar-refractivity contribution in [3.8, 4) is 21.7 Å². The smallest absolute Gasteiger partial charge is 0.338 e. The van der Waals surface area contributed by atoms with E-state index < -0.39 is 0 Å². The zero-order chi connectivity index (χ0) is 15.5. The molecule has 0 saturated carbocycles. The van der Waals surface area contributed by atoms with Crippen molar-refractivity contribution in [2.45, 2.75) is 6.92 Å². The summed E-state index contributed by atoms with van der Waals surface area (Å²) < 4.78 is 4.92. The molecule has 3 rings (SSSR count). The molecule has 0 spiro atoms. The van der Waals surface area contributed by atoms with Crippen LogP contribution in [0.5, 0.6) is 0 Å². The third kappa shape index (κ3) is 2.65. The second-order valence-electron chi connectivity index (χ2n) is 4.89. The van der Waals surface area contributed by atoms with E-state index in [0.29, 0.717) is 5.56 Å². The number of ether oxygens (including phenoxy) is 1. The molecular formula is C18H15NO2S. The van der Waals surface area contributed by atoms with Gasteiger partial charge >= 0.3 is 5.97 Å². The minimum Gasteiger partial charge on any atom is -0.465 e. The van der Waals surface area contributed by atoms with E-state index in [1.165, 1.54) is 7.11 Å². The van der Waals surface area contributed by atoms with Crippen LogP contribution in [-0.4, -0.2) is 18.1 Å². The van der Waals surface area contributed by atoms with Crippen molar-refractivity contribution in [1.82, 2.24) is 4.98 Å². The Morgan fingerprint density at radius 3 is 2.55 bits per heavy atom. The zero-order valence-electron chi connectivity index (χ0n) is 12.4. The van der Waals surface area contributed by atoms with Gasteiger partial charge in [-0.2, -0.15) is 0 Å². The second kappa shape index (κ2) is 6.12. The first-order valence-corrected chi connectivity index (χ1v) is 7.77. The van der Waals surface area contributed by atoms with Gasteiger partial charge in [0.15, 0.2) is 0 Å². The standard InChI is InChI=1S/C18H15NO2S/c1-12-15(17-19-8-9-22-17)10-14(11-16(12)18(20)21-2)13-6-4-3-5-7-13/h3-11H,1-2H3. The fourth-order valence-electron chi connectivity index (χ4n) is 2.41. The molecule has 0 saturated heterocycles. The normalized spacial score (nSPS) is 10.5. The number of hydrogen-bond acceptors (Lipinski definition) is 4. The molecule has 0 bridgehead atoms. The Hall–Kier alpha value is -2.46. The molecule has 4 heteroatoms. The van der Waals surface area contributed by atoms with Crippen LogP contribution in [0.25, 0.3) is 21.7 Å². The van der Waals surface area contributed by atoms with E-state index in [1.54, 1.807) is 17.5 Å². The van der Waals surface area contributed by atoms with Gasteiger partial charge in [-0.05, 0) is 35.7 Å². The molecule has 0 N–H and O–H groups in total. The zero-order valence-corrected chi connectivity index (χ0v) is 13.2. The summed E-state index contributed by atoms with van der Waals surface area (Å²) in [6, 6.07) is 13.9. The topological polar surface area (TPSA) is 39.2 Å². The predicted molar refractivity (Wildman–Crippen MR) is 89.1 cm³/mol. The van der Waals surface area contributed by atoms with Gasteiger partial charge in [0.25, 0.3) is 0 Å². The van der Waals surface area contributed by atoms with Gasteiger partial charge in [-0.25, -0.2) is 9.78 Å². The first-order valence-electron chi connectivity index (χ1n) is 6.89. The van der Waals surface area contributed by atoms with Gasteiger partial charge in [-0.15, -0.1) is 11.3 Å². The van der Waals surface area contributed by atoms with Crippen LogP contribution < -0.4 is 0 Å². The number of carbonyl (C=O) groups is 1. The number of methoxy groups -OCH3 is 1. The number of hydrogen-bond donors (Lipinski definition) is 0. The third-order valence-corrected chi connectivity index (χ3v) is 4.39. The van der Waals surface area contributed by atoms with Crippen molar-refractivity contribution in [3.63, 3.8) is 0 Å². The molecule has 0 atom stereocenters. The Morgan fingerprint density at radius 2 is 1.91 bits per heavy atom. The first-order chi connectivity index (χ1) is 10.7. The number of carbonyl (C=O) groups excluding carboxylic acids is 1. The van der Waals surface area contributed by atoms with Gasteiger partial charge in [-0.3, -0.25) is 0 Å². The monoisotopic (exact) mass is 309 g/mol. The lowest BCUT2D eigenvalue weighted by Gasteiger charge is -2.12. The Bertz CT molecular complexity index is 795. The summed E-state index contributed by atoms with van der Waals surface area (Å²) in [7, 11) is 1.40. The summed E-state index contributed by atoms with van der Waals surface area (Å²) in [5.74, 6) is -0.326. The molecule has 1 heterocycles. The lowest BCUT2D eigenvalue weighted by Crippen LogP contribution is -2.05. The molecule has 3 aromatic rings. The predicted octanol–water partition coefficient (Wildman–Crippen LogP) is 4.57. The van der Waals surface area contributed by atoms with Crippen LogP contribution in [0.4, 0.5) is 0 Å². The van der Waals surface area contributed by atoms with Crippen LogP contribution in [0.1, 0.15) is 15.9 Å². The Labute approximate surface area is 133 Å². The fraction of sp³-hybridized carbons (Fsp3) is 0.111. The van der Waals surface area contributed by atoms with Crippen LogP contribution in [0.3, 0.4) is 0 Å². The summed E-state index contributed by atoms with van der Waals surface area (Å²) in [6.07, 6.45) is 1.77. The molecule has 22 heavy (non-hydrogen) atoms. The molecule has 0 amide bonds. The highest BCUT2D eigenvalue weighted by atomic mass is 32.1. The van der Waals surface area contributed by atoms with E-state index in [4.69, 9.17) is 4.74 Å². The van der Waals surface area contributed by atoms with E-state index in [1.807, 2.05) is 48.7 Å². The quantitative estimate of drug-likeness (QED) is 0.665. The number of thiazole rings is 1. The molecule has 0 radical (unpaired) electrons. The molecule has 3 nitrogen and oxygen atoms in total. The van der Waals surface area contributed by atoms with Crippen molar-refractivity contribution in [2.75, 3.05) is 7.11 Å². The van der Waals surface area contributed by atoms with Crippen LogP contribution in [0.15, 0.2) is 54.0 Å². The lowest BCUT2D eigenvalue weighted by atomic mass is 9.95. The lowest BCUT2D eigenvalue weighted by molar-refractivity contribution is 0.0600. The van der Waals surface area contributed by atoms with Gasteiger partial charge < -0.3 is 4.74 Å². The van der Waals surface area contributed by atoms with E-state index >= 15 is 0 Å². The minimum atomic E-state index is -0.326. The Morgan fingerprint density at radius 1 is 1.14 bits per heavy atom. The average molecular weight is 309 g/mol. The number of rotatable bonds is 3. The number of aromatic nitrogens is 1. The van der Waals surface area contributed by atoms with Crippen molar-refractivity contribution < 1.29 is 9.53 Å². The molecule has 0 aliphatic carbocycles. The molecule has 2 aromatic carbocycles. The van der Waals surface area contributed by atoms with E-state index in [-0.39, 0.29) is 5.97 Å². The average Bonchev–Trinajstić information content (AvgIpc) is 3.09. The van der Waals surface area contributed by atoms with Crippen LogP contribution in [-0.2, 0) is 4.74 Å². The van der Waals surface area contributed by atoms with Crippen molar-refractivity contribution in [2.24, 2.45) is 0 Å². The third-order valence-electron chi connectivity index (χ3n) is 3.58. The SMILES string of the molecule is COC(=O)c1cc(-c2ccccc2)cc(-c2nccs2)c1C. The maximum absolute atomic E-state index is 12.1. The highest BCUT2D eigenvalue weighted by Crippen LogP contribution is 2.33. The summed E-state index contributed by atoms with van der Waals surface area (Å²) in [5.41, 5.74) is 4.48. The number of esters is 1. The summed E-state index contributed by atoms with van der Waals surface area (Å²) in [4.78, 5) is 16.5. The van der Waals surface area contributed by atoms with E-state index in [9.17, 15) is 4.79 Å². The Balaban J connectivity index is 2.24. The van der Waals surface area contributed by atoms with E-state index in [0.717, 1.165) is 27.3 Å². The van der Waals surface area contributed by atoms with Gasteiger partial charge in [0.2, 0.25) is 0 Å². The van der Waals surface area contributed by atoms with Gasteiger partial charge in [0.1, 0.15) is 5.01 Å². The van der Waals surface area contributed by atoms with Crippen molar-refractivity contribution in [3.05, 3.63) is 65.2 Å². The van der Waals surface area contributed by atoms with Crippen LogP contribution >= 0.6 is 11.3 Å². The molecule has 110 valence electrons. The molecule has 1 aromatic heterocycles. The molecule has 0 aliphatic heterocycles. The van der Waals surface area contributed by atoms with Crippen LogP contribution in [0, 0.1) is 6.92 Å². The minimum absolute atomic E-state index is 0.326. The first kappa shape index (κ1) is 14.5. The summed E-state index contributed by atoms with van der Waals surface area (Å²) in [6.45, 7) is 1.93. The summed E-state index contributed by atoms with van der Waals surface area (Å²) >= 11 is 1.56. The maximum atomic E-state index is 12.1. The van der Waals surface area contributed by atoms with Gasteiger partial charge in [0.05, 0.1) is 12.7 Å². The molecular weight excluding hydrogens is 294 g/mol. The maximum Gasteiger partial charge on any atom is 0.338 e. The molecule has 0 unspecified atom stereocenters. The van der Waals surface area contributed by atoms with Gasteiger partial charge in [-0.1, -0.05) is 30.3 Å². The summed E-state index contributed by atoms with van der Waals surface area (Å²) in [5, 5.41) is 2.84. The van der Waals surface area contributed by atoms with Gasteiger partial charge in [0, 0.05) is 17.1 Å². The van der Waals surface area contributed by atoms with Crippen LogP contribution in [0.2, 0.25) is 0 Å². The molecule has 0 aliphatic rings. The van der Waals surface area contributed by atoms with E-state index in [2.05, 4.69) is 11.1 Å². The van der Waals surface area contributed by atoms with Crippen molar-refractivity contribution in [1.29, 1.82) is 0 Å². The molecule has 0 fully saturated rings.